The van der Waals surface area contributed by atoms with Crippen LogP contribution in [0.15, 0.2) is 42.6 Å². The first kappa shape index (κ1) is 13.2. The Hall–Kier alpha value is -2.23. The number of carboxylic acid groups (broad SMARTS) is 1. The molecule has 0 fully saturated rings. The van der Waals surface area contributed by atoms with Gasteiger partial charge in [0.25, 0.3) is 0 Å². The lowest BCUT2D eigenvalue weighted by molar-refractivity contribution is -0.132. The Morgan fingerprint density at radius 1 is 1.42 bits per heavy atom. The molecule has 0 aliphatic carbocycles. The zero-order valence-corrected chi connectivity index (χ0v) is 11.1. The molecular formula is C15H17NO3. The van der Waals surface area contributed by atoms with Crippen LogP contribution in [0.4, 0.5) is 0 Å². The van der Waals surface area contributed by atoms with Crippen molar-refractivity contribution < 1.29 is 14.6 Å². The standard InChI is InChI=1S/C15H17NO3/c1-10(2)19-13-4-5-14-12(8-13)6-7-16(14)9-11(3)15(17)18/h4-8,10H,3,9H2,1-2H3,(H,17,18). The van der Waals surface area contributed by atoms with Gasteiger partial charge < -0.3 is 14.4 Å². The third kappa shape index (κ3) is 2.96. The fourth-order valence-corrected chi connectivity index (χ4v) is 1.93. The minimum atomic E-state index is -0.971. The number of carbonyl (C=O) groups is 1. The van der Waals surface area contributed by atoms with E-state index in [9.17, 15) is 4.79 Å². The summed E-state index contributed by atoms with van der Waals surface area (Å²) in [7, 11) is 0. The van der Waals surface area contributed by atoms with Crippen LogP contribution < -0.4 is 4.74 Å². The summed E-state index contributed by atoms with van der Waals surface area (Å²) in [5, 5.41) is 9.89. The van der Waals surface area contributed by atoms with Gasteiger partial charge in [-0.05, 0) is 38.1 Å². The number of nitrogens with zero attached hydrogens (tertiary/aromatic N) is 1. The van der Waals surface area contributed by atoms with Crippen molar-refractivity contribution in [3.05, 3.63) is 42.6 Å². The number of hydrogen-bond donors (Lipinski definition) is 1. The van der Waals surface area contributed by atoms with Gasteiger partial charge in [0.2, 0.25) is 0 Å². The van der Waals surface area contributed by atoms with Crippen LogP contribution in [0.3, 0.4) is 0 Å². The first-order valence-corrected chi connectivity index (χ1v) is 6.14. The molecule has 0 spiro atoms. The van der Waals surface area contributed by atoms with Gasteiger partial charge in [0.05, 0.1) is 12.6 Å². The molecule has 0 saturated carbocycles. The molecule has 0 aliphatic rings. The van der Waals surface area contributed by atoms with E-state index in [1.54, 1.807) is 0 Å². The van der Waals surface area contributed by atoms with Gasteiger partial charge in [0.15, 0.2) is 0 Å². The summed E-state index contributed by atoms with van der Waals surface area (Å²) in [4.78, 5) is 10.8. The van der Waals surface area contributed by atoms with Crippen LogP contribution in [-0.4, -0.2) is 21.7 Å². The summed E-state index contributed by atoms with van der Waals surface area (Å²) < 4.78 is 7.50. The minimum absolute atomic E-state index is 0.131. The van der Waals surface area contributed by atoms with E-state index in [1.165, 1.54) is 0 Å². The van der Waals surface area contributed by atoms with E-state index in [2.05, 4.69) is 6.58 Å². The Kier molecular flexibility index (Phi) is 3.60. The van der Waals surface area contributed by atoms with E-state index in [1.807, 2.05) is 48.9 Å². The van der Waals surface area contributed by atoms with Gasteiger partial charge in [-0.1, -0.05) is 6.58 Å². The molecular weight excluding hydrogens is 242 g/mol. The second-order valence-corrected chi connectivity index (χ2v) is 4.74. The number of hydrogen-bond acceptors (Lipinski definition) is 2. The van der Waals surface area contributed by atoms with Crippen LogP contribution in [0.1, 0.15) is 13.8 Å². The van der Waals surface area contributed by atoms with Gasteiger partial charge >= 0.3 is 5.97 Å². The van der Waals surface area contributed by atoms with Crippen LogP contribution in [-0.2, 0) is 11.3 Å². The Morgan fingerprint density at radius 2 is 2.16 bits per heavy atom. The number of carboxylic acids is 1. The largest absolute Gasteiger partial charge is 0.491 e. The third-order valence-electron chi connectivity index (χ3n) is 2.78. The van der Waals surface area contributed by atoms with Crippen LogP contribution >= 0.6 is 0 Å². The van der Waals surface area contributed by atoms with E-state index in [0.717, 1.165) is 16.7 Å². The van der Waals surface area contributed by atoms with Crippen LogP contribution in [0.25, 0.3) is 10.9 Å². The fourth-order valence-electron chi connectivity index (χ4n) is 1.93. The van der Waals surface area contributed by atoms with Crippen molar-refractivity contribution in [1.82, 2.24) is 4.57 Å². The second kappa shape index (κ2) is 5.18. The van der Waals surface area contributed by atoms with Gasteiger partial charge in [-0.2, -0.15) is 0 Å². The predicted octanol–water partition coefficient (Wildman–Crippen LogP) is 3.07. The molecule has 0 aliphatic heterocycles. The fraction of sp³-hybridized carbons (Fsp3) is 0.267. The molecule has 0 atom stereocenters. The minimum Gasteiger partial charge on any atom is -0.491 e. The Morgan fingerprint density at radius 3 is 2.79 bits per heavy atom. The van der Waals surface area contributed by atoms with Gasteiger partial charge in [0, 0.05) is 22.7 Å². The number of aliphatic carboxylic acids is 1. The third-order valence-corrected chi connectivity index (χ3v) is 2.78. The number of aromatic nitrogens is 1. The molecule has 4 heteroatoms. The smallest absolute Gasteiger partial charge is 0.332 e. The summed E-state index contributed by atoms with van der Waals surface area (Å²) >= 11 is 0. The van der Waals surface area contributed by atoms with Crippen molar-refractivity contribution in [2.45, 2.75) is 26.5 Å². The molecule has 4 nitrogen and oxygen atoms in total. The monoisotopic (exact) mass is 259 g/mol. The molecule has 0 radical (unpaired) electrons. The molecule has 100 valence electrons. The summed E-state index contributed by atoms with van der Waals surface area (Å²) in [6, 6.07) is 7.72. The van der Waals surface area contributed by atoms with Crippen LogP contribution in [0, 0.1) is 0 Å². The molecule has 0 saturated heterocycles. The summed E-state index contributed by atoms with van der Waals surface area (Å²) in [5.74, 6) is -0.154. The van der Waals surface area contributed by atoms with Crippen LogP contribution in [0.5, 0.6) is 5.75 Å². The molecule has 2 aromatic rings. The Balaban J connectivity index is 2.29. The summed E-state index contributed by atoms with van der Waals surface area (Å²) in [5.41, 5.74) is 1.14. The maximum atomic E-state index is 10.8. The number of fused-ring (bicyclic) bond motifs is 1. The zero-order chi connectivity index (χ0) is 14.0. The molecule has 1 aromatic carbocycles. The first-order chi connectivity index (χ1) is 8.97. The molecule has 2 rings (SSSR count). The number of rotatable bonds is 5. The highest BCUT2D eigenvalue weighted by Gasteiger charge is 2.08. The normalized spacial score (nSPS) is 10.9. The highest BCUT2D eigenvalue weighted by Crippen LogP contribution is 2.23. The lowest BCUT2D eigenvalue weighted by atomic mass is 10.2. The van der Waals surface area contributed by atoms with E-state index in [0.29, 0.717) is 0 Å². The van der Waals surface area contributed by atoms with Gasteiger partial charge in [-0.25, -0.2) is 4.79 Å². The number of benzene rings is 1. The molecule has 0 bridgehead atoms. The average Bonchev–Trinajstić information content (AvgIpc) is 2.71. The van der Waals surface area contributed by atoms with E-state index in [4.69, 9.17) is 9.84 Å². The van der Waals surface area contributed by atoms with Crippen LogP contribution in [0.2, 0.25) is 0 Å². The second-order valence-electron chi connectivity index (χ2n) is 4.74. The molecule has 0 unspecified atom stereocenters. The van der Waals surface area contributed by atoms with E-state index in [-0.39, 0.29) is 18.2 Å². The number of ether oxygens (including phenoxy) is 1. The molecule has 1 N–H and O–H groups in total. The van der Waals surface area contributed by atoms with Crippen molar-refractivity contribution in [3.8, 4) is 5.75 Å². The van der Waals surface area contributed by atoms with E-state index >= 15 is 0 Å². The quantitative estimate of drug-likeness (QED) is 0.839. The van der Waals surface area contributed by atoms with E-state index < -0.39 is 5.97 Å². The van der Waals surface area contributed by atoms with Crippen molar-refractivity contribution in [2.75, 3.05) is 0 Å². The predicted molar refractivity (Wildman–Crippen MR) is 74.5 cm³/mol. The lowest BCUT2D eigenvalue weighted by Crippen LogP contribution is -2.07. The van der Waals surface area contributed by atoms with Crippen molar-refractivity contribution in [2.24, 2.45) is 0 Å². The summed E-state index contributed by atoms with van der Waals surface area (Å²) in [6.45, 7) is 7.79. The highest BCUT2D eigenvalue weighted by molar-refractivity contribution is 5.87. The van der Waals surface area contributed by atoms with Crippen molar-refractivity contribution in [1.29, 1.82) is 0 Å². The van der Waals surface area contributed by atoms with Gasteiger partial charge in [-0.15, -0.1) is 0 Å². The summed E-state index contributed by atoms with van der Waals surface area (Å²) in [6.07, 6.45) is 1.99. The van der Waals surface area contributed by atoms with Gasteiger partial charge in [-0.3, -0.25) is 0 Å². The lowest BCUT2D eigenvalue weighted by Gasteiger charge is -2.10. The maximum absolute atomic E-state index is 10.8. The molecule has 0 amide bonds. The molecule has 1 heterocycles. The molecule has 1 aromatic heterocycles. The zero-order valence-electron chi connectivity index (χ0n) is 11.1. The SMILES string of the molecule is C=C(Cn1ccc2cc(OC(C)C)ccc21)C(=O)O. The van der Waals surface area contributed by atoms with Gasteiger partial charge in [0.1, 0.15) is 5.75 Å². The maximum Gasteiger partial charge on any atom is 0.332 e. The highest BCUT2D eigenvalue weighted by atomic mass is 16.5. The molecule has 19 heavy (non-hydrogen) atoms. The van der Waals surface area contributed by atoms with Crippen molar-refractivity contribution >= 4 is 16.9 Å². The first-order valence-electron chi connectivity index (χ1n) is 6.14. The Labute approximate surface area is 111 Å². The Bertz CT molecular complexity index is 625. The average molecular weight is 259 g/mol. The topological polar surface area (TPSA) is 51.5 Å². The van der Waals surface area contributed by atoms with Crippen molar-refractivity contribution in [3.63, 3.8) is 0 Å².